The van der Waals surface area contributed by atoms with Gasteiger partial charge in [0.2, 0.25) is 0 Å². The molecule has 2 nitrogen and oxygen atoms in total. The summed E-state index contributed by atoms with van der Waals surface area (Å²) in [5.74, 6) is -0.239. The van der Waals surface area contributed by atoms with Crippen LogP contribution in [0, 0.1) is 5.82 Å². The van der Waals surface area contributed by atoms with Crippen molar-refractivity contribution in [2.45, 2.75) is 18.9 Å². The van der Waals surface area contributed by atoms with Gasteiger partial charge in [-0.25, -0.2) is 4.39 Å². The fourth-order valence-corrected chi connectivity index (χ4v) is 2.52. The number of halogens is 1. The van der Waals surface area contributed by atoms with Crippen LogP contribution in [0.25, 0.3) is 0 Å². The summed E-state index contributed by atoms with van der Waals surface area (Å²) in [6.45, 7) is 0. The SMILES string of the molecule is CNC(CCc1ccsc1)c1ncccc1F. The van der Waals surface area contributed by atoms with E-state index in [0.717, 1.165) is 12.8 Å². The van der Waals surface area contributed by atoms with Gasteiger partial charge in [0.1, 0.15) is 5.82 Å². The van der Waals surface area contributed by atoms with Gasteiger partial charge >= 0.3 is 0 Å². The van der Waals surface area contributed by atoms with E-state index in [9.17, 15) is 4.39 Å². The Morgan fingerprint density at radius 2 is 2.35 bits per heavy atom. The lowest BCUT2D eigenvalue weighted by Crippen LogP contribution is -2.19. The molecule has 1 N–H and O–H groups in total. The highest BCUT2D eigenvalue weighted by molar-refractivity contribution is 7.07. The number of rotatable bonds is 5. The van der Waals surface area contributed by atoms with E-state index < -0.39 is 0 Å². The van der Waals surface area contributed by atoms with Gasteiger partial charge in [0, 0.05) is 6.20 Å². The Labute approximate surface area is 105 Å². The Balaban J connectivity index is 2.04. The van der Waals surface area contributed by atoms with Gasteiger partial charge in [0.05, 0.1) is 11.7 Å². The first-order valence-electron chi connectivity index (χ1n) is 5.60. The first-order chi connectivity index (χ1) is 8.31. The van der Waals surface area contributed by atoms with Crippen LogP contribution in [0.2, 0.25) is 0 Å². The molecule has 17 heavy (non-hydrogen) atoms. The molecule has 0 aliphatic carbocycles. The fourth-order valence-electron chi connectivity index (χ4n) is 1.82. The first kappa shape index (κ1) is 12.2. The second-order valence-corrected chi connectivity index (χ2v) is 4.66. The average molecular weight is 250 g/mol. The zero-order valence-electron chi connectivity index (χ0n) is 9.69. The molecule has 0 bridgehead atoms. The number of nitrogens with zero attached hydrogens (tertiary/aromatic N) is 1. The topological polar surface area (TPSA) is 24.9 Å². The smallest absolute Gasteiger partial charge is 0.146 e. The van der Waals surface area contributed by atoms with Gasteiger partial charge in [-0.1, -0.05) is 0 Å². The van der Waals surface area contributed by atoms with Crippen LogP contribution in [0.15, 0.2) is 35.2 Å². The van der Waals surface area contributed by atoms with E-state index in [2.05, 4.69) is 27.1 Å². The molecule has 1 unspecified atom stereocenters. The Hall–Kier alpha value is -1.26. The number of nitrogens with one attached hydrogen (secondary N) is 1. The zero-order valence-corrected chi connectivity index (χ0v) is 10.5. The Bertz CT molecular complexity index is 456. The molecular formula is C13H15FN2S. The maximum Gasteiger partial charge on any atom is 0.146 e. The third kappa shape index (κ3) is 3.11. The second-order valence-electron chi connectivity index (χ2n) is 3.88. The summed E-state index contributed by atoms with van der Waals surface area (Å²) in [7, 11) is 1.84. The van der Waals surface area contributed by atoms with Crippen molar-refractivity contribution in [2.75, 3.05) is 7.05 Å². The van der Waals surface area contributed by atoms with Gasteiger partial charge in [-0.15, -0.1) is 0 Å². The largest absolute Gasteiger partial charge is 0.312 e. The van der Waals surface area contributed by atoms with Crippen molar-refractivity contribution in [2.24, 2.45) is 0 Å². The summed E-state index contributed by atoms with van der Waals surface area (Å²) in [4.78, 5) is 4.11. The monoisotopic (exact) mass is 250 g/mol. The van der Waals surface area contributed by atoms with Crippen molar-refractivity contribution in [3.05, 3.63) is 52.2 Å². The highest BCUT2D eigenvalue weighted by atomic mass is 32.1. The summed E-state index contributed by atoms with van der Waals surface area (Å²) >= 11 is 1.69. The normalized spacial score (nSPS) is 12.6. The lowest BCUT2D eigenvalue weighted by Gasteiger charge is -2.15. The molecule has 2 rings (SSSR count). The van der Waals surface area contributed by atoms with Crippen LogP contribution in [0.4, 0.5) is 4.39 Å². The maximum absolute atomic E-state index is 13.6. The van der Waals surface area contributed by atoms with E-state index in [1.807, 2.05) is 7.05 Å². The molecule has 0 aliphatic rings. The highest BCUT2D eigenvalue weighted by Gasteiger charge is 2.14. The minimum Gasteiger partial charge on any atom is -0.312 e. The summed E-state index contributed by atoms with van der Waals surface area (Å²) in [6, 6.07) is 5.14. The molecule has 0 aromatic carbocycles. The second kappa shape index (κ2) is 5.89. The predicted octanol–water partition coefficient (Wildman–Crippen LogP) is 3.18. The van der Waals surface area contributed by atoms with E-state index in [4.69, 9.17) is 0 Å². The number of thiophene rings is 1. The van der Waals surface area contributed by atoms with Gasteiger partial charge in [0.15, 0.2) is 0 Å². The molecule has 0 spiro atoms. The third-order valence-electron chi connectivity index (χ3n) is 2.77. The average Bonchev–Trinajstić information content (AvgIpc) is 2.85. The minimum atomic E-state index is -0.239. The van der Waals surface area contributed by atoms with E-state index in [1.165, 1.54) is 11.6 Å². The number of aromatic nitrogens is 1. The van der Waals surface area contributed by atoms with Crippen molar-refractivity contribution in [1.82, 2.24) is 10.3 Å². The van der Waals surface area contributed by atoms with Crippen LogP contribution in [0.1, 0.15) is 23.7 Å². The summed E-state index contributed by atoms with van der Waals surface area (Å²) < 4.78 is 13.6. The van der Waals surface area contributed by atoms with Gasteiger partial charge in [-0.05, 0) is 54.4 Å². The molecule has 0 amide bonds. The van der Waals surface area contributed by atoms with Crippen molar-refractivity contribution >= 4 is 11.3 Å². The van der Waals surface area contributed by atoms with Crippen molar-refractivity contribution in [3.63, 3.8) is 0 Å². The van der Waals surface area contributed by atoms with Gasteiger partial charge in [-0.2, -0.15) is 11.3 Å². The standard InChI is InChI=1S/C13H15FN2S/c1-15-12(5-4-10-6-8-17-9-10)13-11(14)3-2-7-16-13/h2-3,6-9,12,15H,4-5H2,1H3. The lowest BCUT2D eigenvalue weighted by atomic mass is 10.0. The van der Waals surface area contributed by atoms with Gasteiger partial charge in [-0.3, -0.25) is 4.98 Å². The number of hydrogen-bond acceptors (Lipinski definition) is 3. The van der Waals surface area contributed by atoms with Crippen LogP contribution in [0.5, 0.6) is 0 Å². The Morgan fingerprint density at radius 3 is 3.00 bits per heavy atom. The molecule has 0 aliphatic heterocycles. The van der Waals surface area contributed by atoms with Gasteiger partial charge < -0.3 is 5.32 Å². The molecule has 0 saturated carbocycles. The van der Waals surface area contributed by atoms with Crippen LogP contribution in [-0.4, -0.2) is 12.0 Å². The molecule has 2 aromatic heterocycles. The third-order valence-corrected chi connectivity index (χ3v) is 3.50. The van der Waals surface area contributed by atoms with Gasteiger partial charge in [0.25, 0.3) is 0 Å². The summed E-state index contributed by atoms with van der Waals surface area (Å²) in [5.41, 5.74) is 1.80. The minimum absolute atomic E-state index is 0.0314. The van der Waals surface area contributed by atoms with E-state index in [1.54, 1.807) is 23.6 Å². The number of hydrogen-bond donors (Lipinski definition) is 1. The van der Waals surface area contributed by atoms with Crippen molar-refractivity contribution in [1.29, 1.82) is 0 Å². The van der Waals surface area contributed by atoms with E-state index in [-0.39, 0.29) is 11.9 Å². The lowest BCUT2D eigenvalue weighted by molar-refractivity contribution is 0.493. The Kier molecular flexibility index (Phi) is 4.23. The van der Waals surface area contributed by atoms with E-state index >= 15 is 0 Å². The molecular weight excluding hydrogens is 235 g/mol. The molecule has 90 valence electrons. The molecule has 1 atom stereocenters. The summed E-state index contributed by atoms with van der Waals surface area (Å²) in [5, 5.41) is 7.31. The number of aryl methyl sites for hydroxylation is 1. The van der Waals surface area contributed by atoms with Crippen molar-refractivity contribution in [3.8, 4) is 0 Å². The molecule has 0 fully saturated rings. The molecule has 0 radical (unpaired) electrons. The fraction of sp³-hybridized carbons (Fsp3) is 0.308. The highest BCUT2D eigenvalue weighted by Crippen LogP contribution is 2.20. The zero-order chi connectivity index (χ0) is 12.1. The first-order valence-corrected chi connectivity index (χ1v) is 6.54. The van der Waals surface area contributed by atoms with Crippen LogP contribution in [-0.2, 0) is 6.42 Å². The maximum atomic E-state index is 13.6. The molecule has 2 heterocycles. The quantitative estimate of drug-likeness (QED) is 0.881. The van der Waals surface area contributed by atoms with Crippen LogP contribution >= 0.6 is 11.3 Å². The molecule has 2 aromatic rings. The van der Waals surface area contributed by atoms with Crippen LogP contribution < -0.4 is 5.32 Å². The van der Waals surface area contributed by atoms with E-state index in [0.29, 0.717) is 5.69 Å². The molecule has 0 saturated heterocycles. The predicted molar refractivity (Wildman–Crippen MR) is 68.6 cm³/mol. The Morgan fingerprint density at radius 1 is 1.47 bits per heavy atom. The summed E-state index contributed by atoms with van der Waals surface area (Å²) in [6.07, 6.45) is 3.42. The number of pyridine rings is 1. The molecule has 4 heteroatoms. The van der Waals surface area contributed by atoms with Crippen molar-refractivity contribution < 1.29 is 4.39 Å². The van der Waals surface area contributed by atoms with Crippen LogP contribution in [0.3, 0.4) is 0 Å².